The minimum absolute atomic E-state index is 0.0852. The number of nitro benzene ring substituents is 1. The third kappa shape index (κ3) is 2.57. The van der Waals surface area contributed by atoms with Gasteiger partial charge >= 0.3 is 0 Å². The largest absolute Gasteiger partial charge is 0.394 e. The van der Waals surface area contributed by atoms with Gasteiger partial charge in [-0.2, -0.15) is 5.26 Å². The number of hydrogen-bond acceptors (Lipinski definition) is 5. The summed E-state index contributed by atoms with van der Waals surface area (Å²) < 4.78 is 0. The molecule has 1 aromatic carbocycles. The fraction of sp³-hybridized carbons (Fsp3) is 0.417. The van der Waals surface area contributed by atoms with E-state index in [1.807, 2.05) is 6.07 Å². The lowest BCUT2D eigenvalue weighted by atomic mass is 10.0. The zero-order chi connectivity index (χ0) is 13.9. The Morgan fingerprint density at radius 2 is 2.17 bits per heavy atom. The quantitative estimate of drug-likeness (QED) is 0.647. The smallest absolute Gasteiger partial charge is 0.292 e. The summed E-state index contributed by atoms with van der Waals surface area (Å²) in [5.41, 5.74) is -0.0777. The third-order valence-electron chi connectivity index (χ3n) is 2.96. The third-order valence-corrected chi connectivity index (χ3v) is 2.96. The number of likely N-dealkylation sites (N-methyl/N-ethyl adjacent to an activating group) is 1. The molecule has 6 nitrogen and oxygen atoms in total. The molecule has 96 valence electrons. The molecule has 1 aromatic rings. The van der Waals surface area contributed by atoms with Crippen LogP contribution in [-0.2, 0) is 0 Å². The van der Waals surface area contributed by atoms with E-state index in [1.165, 1.54) is 18.2 Å². The highest BCUT2D eigenvalue weighted by molar-refractivity contribution is 5.66. The first-order chi connectivity index (χ1) is 8.33. The van der Waals surface area contributed by atoms with Gasteiger partial charge < -0.3 is 10.0 Å². The van der Waals surface area contributed by atoms with E-state index in [4.69, 9.17) is 5.26 Å². The topological polar surface area (TPSA) is 90.4 Å². The maximum absolute atomic E-state index is 11.0. The van der Waals surface area contributed by atoms with E-state index in [-0.39, 0.29) is 12.3 Å². The number of benzene rings is 1. The standard InChI is InChI=1S/C12H15N3O3/c1-12(2,8-16)14(3)11-6-9(7-13)4-5-10(11)15(17)18/h4-6,16H,8H2,1-3H3. The van der Waals surface area contributed by atoms with Crippen LogP contribution in [0.3, 0.4) is 0 Å². The first-order valence-electron chi connectivity index (χ1n) is 5.36. The van der Waals surface area contributed by atoms with Gasteiger partial charge in [0.25, 0.3) is 5.69 Å². The van der Waals surface area contributed by atoms with Crippen LogP contribution in [0.2, 0.25) is 0 Å². The van der Waals surface area contributed by atoms with Gasteiger partial charge in [0, 0.05) is 13.1 Å². The number of rotatable bonds is 4. The molecule has 0 bridgehead atoms. The van der Waals surface area contributed by atoms with Gasteiger partial charge in [-0.15, -0.1) is 0 Å². The Hall–Kier alpha value is -2.13. The summed E-state index contributed by atoms with van der Waals surface area (Å²) in [5, 5.41) is 29.1. The number of nitriles is 1. The van der Waals surface area contributed by atoms with Crippen LogP contribution < -0.4 is 4.90 Å². The van der Waals surface area contributed by atoms with Gasteiger partial charge in [0.2, 0.25) is 0 Å². The summed E-state index contributed by atoms with van der Waals surface area (Å²) in [6, 6.07) is 6.11. The Labute approximate surface area is 105 Å². The van der Waals surface area contributed by atoms with E-state index in [2.05, 4.69) is 0 Å². The Morgan fingerprint density at radius 3 is 2.61 bits per heavy atom. The molecule has 0 radical (unpaired) electrons. The molecule has 0 fully saturated rings. The van der Waals surface area contributed by atoms with Gasteiger partial charge in [-0.1, -0.05) is 0 Å². The van der Waals surface area contributed by atoms with Gasteiger partial charge in [0.1, 0.15) is 5.69 Å². The second-order valence-corrected chi connectivity index (χ2v) is 4.60. The SMILES string of the molecule is CN(c1cc(C#N)ccc1[N+](=O)[O-])C(C)(C)CO. The molecule has 0 saturated carbocycles. The molecule has 6 heteroatoms. The van der Waals surface area contributed by atoms with Crippen molar-refractivity contribution in [3.63, 3.8) is 0 Å². The van der Waals surface area contributed by atoms with E-state index >= 15 is 0 Å². The van der Waals surface area contributed by atoms with Crippen molar-refractivity contribution in [1.29, 1.82) is 5.26 Å². The highest BCUT2D eigenvalue weighted by Gasteiger charge is 2.28. The zero-order valence-corrected chi connectivity index (χ0v) is 10.5. The van der Waals surface area contributed by atoms with Gasteiger partial charge in [0.05, 0.1) is 28.7 Å². The van der Waals surface area contributed by atoms with Gasteiger partial charge in [-0.3, -0.25) is 10.1 Å². The van der Waals surface area contributed by atoms with Crippen molar-refractivity contribution in [2.75, 3.05) is 18.6 Å². The number of aliphatic hydroxyl groups is 1. The predicted octanol–water partition coefficient (Wildman–Crippen LogP) is 1.67. The van der Waals surface area contributed by atoms with Crippen LogP contribution in [-0.4, -0.2) is 29.2 Å². The van der Waals surface area contributed by atoms with Crippen molar-refractivity contribution in [3.8, 4) is 6.07 Å². The molecule has 0 saturated heterocycles. The minimum atomic E-state index is -0.654. The van der Waals surface area contributed by atoms with Crippen LogP contribution in [0.15, 0.2) is 18.2 Å². The summed E-state index contributed by atoms with van der Waals surface area (Å²) in [4.78, 5) is 12.1. The average Bonchev–Trinajstić information content (AvgIpc) is 2.36. The molecule has 1 N–H and O–H groups in total. The molecule has 0 heterocycles. The molecule has 0 spiro atoms. The lowest BCUT2D eigenvalue weighted by Gasteiger charge is -2.35. The van der Waals surface area contributed by atoms with E-state index in [0.717, 1.165) is 0 Å². The summed E-state index contributed by atoms with van der Waals surface area (Å²) in [6.07, 6.45) is 0. The molecular weight excluding hydrogens is 234 g/mol. The Bertz CT molecular complexity index is 506. The molecule has 0 aliphatic heterocycles. The van der Waals surface area contributed by atoms with Crippen molar-refractivity contribution in [1.82, 2.24) is 0 Å². The maximum Gasteiger partial charge on any atom is 0.292 e. The minimum Gasteiger partial charge on any atom is -0.394 e. The number of aliphatic hydroxyl groups excluding tert-OH is 1. The van der Waals surface area contributed by atoms with Crippen LogP contribution in [0.4, 0.5) is 11.4 Å². The molecular formula is C12H15N3O3. The number of nitro groups is 1. The summed E-state index contributed by atoms with van der Waals surface area (Å²) in [7, 11) is 1.65. The molecule has 0 amide bonds. The van der Waals surface area contributed by atoms with Crippen molar-refractivity contribution in [2.45, 2.75) is 19.4 Å². The van der Waals surface area contributed by atoms with Crippen molar-refractivity contribution in [2.24, 2.45) is 0 Å². The second kappa shape index (κ2) is 5.02. The van der Waals surface area contributed by atoms with Crippen LogP contribution in [0.1, 0.15) is 19.4 Å². The van der Waals surface area contributed by atoms with Crippen molar-refractivity contribution < 1.29 is 10.0 Å². The van der Waals surface area contributed by atoms with Crippen molar-refractivity contribution >= 4 is 11.4 Å². The lowest BCUT2D eigenvalue weighted by Crippen LogP contribution is -2.44. The molecule has 1 rings (SSSR count). The van der Waals surface area contributed by atoms with E-state index in [0.29, 0.717) is 11.3 Å². The first kappa shape index (κ1) is 13.9. The number of hydrogen-bond donors (Lipinski definition) is 1. The number of anilines is 1. The molecule has 0 unspecified atom stereocenters. The summed E-state index contributed by atoms with van der Waals surface area (Å²) >= 11 is 0. The number of nitrogens with zero attached hydrogens (tertiary/aromatic N) is 3. The maximum atomic E-state index is 11.0. The highest BCUT2D eigenvalue weighted by Crippen LogP contribution is 2.32. The molecule has 0 aliphatic rings. The van der Waals surface area contributed by atoms with E-state index < -0.39 is 10.5 Å². The summed E-state index contributed by atoms with van der Waals surface area (Å²) in [5.74, 6) is 0. The van der Waals surface area contributed by atoms with Crippen LogP contribution in [0.25, 0.3) is 0 Å². The monoisotopic (exact) mass is 249 g/mol. The Balaban J connectivity index is 3.37. The molecule has 18 heavy (non-hydrogen) atoms. The Morgan fingerprint density at radius 1 is 1.56 bits per heavy atom. The fourth-order valence-corrected chi connectivity index (χ4v) is 1.45. The van der Waals surface area contributed by atoms with Crippen LogP contribution in [0, 0.1) is 21.4 Å². The van der Waals surface area contributed by atoms with E-state index in [1.54, 1.807) is 25.8 Å². The van der Waals surface area contributed by atoms with Gasteiger partial charge in [-0.05, 0) is 26.0 Å². The average molecular weight is 249 g/mol. The molecule has 0 aromatic heterocycles. The van der Waals surface area contributed by atoms with E-state index in [9.17, 15) is 15.2 Å². The summed E-state index contributed by atoms with van der Waals surface area (Å²) in [6.45, 7) is 3.36. The van der Waals surface area contributed by atoms with Gasteiger partial charge in [0.15, 0.2) is 0 Å². The van der Waals surface area contributed by atoms with Crippen LogP contribution >= 0.6 is 0 Å². The highest BCUT2D eigenvalue weighted by atomic mass is 16.6. The second-order valence-electron chi connectivity index (χ2n) is 4.60. The van der Waals surface area contributed by atoms with Crippen molar-refractivity contribution in [3.05, 3.63) is 33.9 Å². The predicted molar refractivity (Wildman–Crippen MR) is 67.4 cm³/mol. The van der Waals surface area contributed by atoms with Crippen LogP contribution in [0.5, 0.6) is 0 Å². The fourth-order valence-electron chi connectivity index (χ4n) is 1.45. The normalized spacial score (nSPS) is 10.8. The lowest BCUT2D eigenvalue weighted by molar-refractivity contribution is -0.384. The molecule has 0 aliphatic carbocycles. The Kier molecular flexibility index (Phi) is 3.89. The zero-order valence-electron chi connectivity index (χ0n) is 10.5. The first-order valence-corrected chi connectivity index (χ1v) is 5.36. The van der Waals surface area contributed by atoms with Gasteiger partial charge in [-0.25, -0.2) is 0 Å². The molecule has 0 atom stereocenters.